The van der Waals surface area contributed by atoms with E-state index in [-0.39, 0.29) is 5.41 Å². The van der Waals surface area contributed by atoms with Gasteiger partial charge in [0.1, 0.15) is 5.75 Å². The van der Waals surface area contributed by atoms with Gasteiger partial charge in [0.05, 0.1) is 12.7 Å². The molecule has 0 heterocycles. The number of nitrogens with zero attached hydrogens (tertiary/aromatic N) is 1. The minimum atomic E-state index is -4.30. The van der Waals surface area contributed by atoms with Crippen LogP contribution >= 0.6 is 0 Å². The van der Waals surface area contributed by atoms with E-state index in [0.29, 0.717) is 30.3 Å². The van der Waals surface area contributed by atoms with Crippen LogP contribution in [-0.4, -0.2) is 24.6 Å². The van der Waals surface area contributed by atoms with Crippen molar-refractivity contribution in [1.29, 1.82) is 0 Å². The Labute approximate surface area is 207 Å². The summed E-state index contributed by atoms with van der Waals surface area (Å²) in [5.74, 6) is 2.97. The Balaban J connectivity index is 1.38. The molecule has 2 aromatic carbocycles. The first-order valence-electron chi connectivity index (χ1n) is 13.3. The quantitative estimate of drug-likeness (QED) is 0.413. The number of rotatable bonds is 6. The minimum absolute atomic E-state index is 0.224. The maximum atomic E-state index is 13.3. The Morgan fingerprint density at radius 1 is 1.06 bits per heavy atom. The lowest BCUT2D eigenvalue weighted by Gasteiger charge is -2.52. The van der Waals surface area contributed by atoms with Crippen LogP contribution in [0.1, 0.15) is 80.5 Å². The van der Waals surface area contributed by atoms with E-state index in [9.17, 15) is 13.2 Å². The Kier molecular flexibility index (Phi) is 6.67. The molecule has 5 atom stereocenters. The molecule has 2 nitrogen and oxygen atoms in total. The molecule has 3 aliphatic rings. The second kappa shape index (κ2) is 9.46. The predicted molar refractivity (Wildman–Crippen MR) is 134 cm³/mol. The summed E-state index contributed by atoms with van der Waals surface area (Å²) in [6, 6.07) is 13.0. The molecule has 2 aromatic rings. The molecule has 35 heavy (non-hydrogen) atoms. The second-order valence-electron chi connectivity index (χ2n) is 11.3. The van der Waals surface area contributed by atoms with E-state index in [1.54, 1.807) is 13.2 Å². The van der Waals surface area contributed by atoms with Gasteiger partial charge in [-0.15, -0.1) is 0 Å². The zero-order valence-corrected chi connectivity index (χ0v) is 21.2. The number of ether oxygens (including phenoxy) is 1. The largest absolute Gasteiger partial charge is 0.497 e. The first-order valence-corrected chi connectivity index (χ1v) is 13.3. The van der Waals surface area contributed by atoms with E-state index in [2.05, 4.69) is 36.9 Å². The molecule has 0 N–H and O–H groups in total. The summed E-state index contributed by atoms with van der Waals surface area (Å²) in [6.45, 7) is 6.20. The fraction of sp³-hybridized carbons (Fsp3) is 0.600. The number of aryl methyl sites for hydroxylation is 1. The number of hydrogen-bond donors (Lipinski definition) is 0. The fourth-order valence-electron chi connectivity index (χ4n) is 7.97. The van der Waals surface area contributed by atoms with E-state index in [4.69, 9.17) is 4.74 Å². The van der Waals surface area contributed by atoms with Crippen molar-refractivity contribution in [3.63, 3.8) is 0 Å². The fourth-order valence-corrected chi connectivity index (χ4v) is 7.97. The van der Waals surface area contributed by atoms with Gasteiger partial charge in [-0.3, -0.25) is 4.90 Å². The Morgan fingerprint density at radius 2 is 1.89 bits per heavy atom. The van der Waals surface area contributed by atoms with Crippen LogP contribution in [0.3, 0.4) is 0 Å². The molecule has 3 aliphatic carbocycles. The van der Waals surface area contributed by atoms with Crippen LogP contribution in [-0.2, 0) is 19.1 Å². The zero-order valence-electron chi connectivity index (χ0n) is 21.2. The van der Waals surface area contributed by atoms with Gasteiger partial charge in [-0.05, 0) is 110 Å². The van der Waals surface area contributed by atoms with Crippen LogP contribution in [0.25, 0.3) is 0 Å². The summed E-state index contributed by atoms with van der Waals surface area (Å²) >= 11 is 0. The van der Waals surface area contributed by atoms with Crippen LogP contribution < -0.4 is 4.74 Å². The first-order chi connectivity index (χ1) is 16.7. The average molecular weight is 486 g/mol. The van der Waals surface area contributed by atoms with Gasteiger partial charge in [-0.25, -0.2) is 0 Å². The van der Waals surface area contributed by atoms with E-state index < -0.39 is 11.7 Å². The van der Waals surface area contributed by atoms with Gasteiger partial charge in [-0.2, -0.15) is 13.2 Å². The number of alkyl halides is 3. The molecular formula is C30H38F3NO. The topological polar surface area (TPSA) is 12.5 Å². The van der Waals surface area contributed by atoms with Crippen LogP contribution in [0.2, 0.25) is 0 Å². The van der Waals surface area contributed by atoms with Gasteiger partial charge in [0.25, 0.3) is 0 Å². The van der Waals surface area contributed by atoms with E-state index in [1.165, 1.54) is 48.9 Å². The molecule has 0 spiro atoms. The summed E-state index contributed by atoms with van der Waals surface area (Å²) in [7, 11) is 1.74. The molecule has 0 radical (unpaired) electrons. The van der Waals surface area contributed by atoms with Gasteiger partial charge in [0, 0.05) is 12.6 Å². The third-order valence-corrected chi connectivity index (χ3v) is 9.48. The van der Waals surface area contributed by atoms with Crippen molar-refractivity contribution in [3.05, 3.63) is 64.7 Å². The van der Waals surface area contributed by atoms with Crippen molar-refractivity contribution in [3.8, 4) is 5.75 Å². The molecule has 0 aliphatic heterocycles. The maximum absolute atomic E-state index is 13.3. The number of methoxy groups -OCH3 is 1. The predicted octanol–water partition coefficient (Wildman–Crippen LogP) is 7.85. The molecule has 0 saturated heterocycles. The van der Waals surface area contributed by atoms with Crippen LogP contribution in [0.5, 0.6) is 5.75 Å². The smallest absolute Gasteiger partial charge is 0.416 e. The lowest BCUT2D eigenvalue weighted by molar-refractivity contribution is -0.137. The van der Waals surface area contributed by atoms with Gasteiger partial charge < -0.3 is 4.74 Å². The van der Waals surface area contributed by atoms with Crippen molar-refractivity contribution in [2.24, 2.45) is 17.3 Å². The number of benzene rings is 2. The maximum Gasteiger partial charge on any atom is 0.416 e. The molecule has 2 fully saturated rings. The van der Waals surface area contributed by atoms with Gasteiger partial charge in [0.2, 0.25) is 0 Å². The van der Waals surface area contributed by atoms with Crippen molar-refractivity contribution in [2.45, 2.75) is 83.5 Å². The molecule has 2 saturated carbocycles. The summed E-state index contributed by atoms with van der Waals surface area (Å²) < 4.78 is 45.4. The van der Waals surface area contributed by atoms with E-state index in [1.807, 2.05) is 6.07 Å². The Morgan fingerprint density at radius 3 is 2.63 bits per heavy atom. The van der Waals surface area contributed by atoms with Crippen molar-refractivity contribution >= 4 is 0 Å². The van der Waals surface area contributed by atoms with Crippen LogP contribution in [0, 0.1) is 17.3 Å². The summed E-state index contributed by atoms with van der Waals surface area (Å²) in [6.07, 6.45) is 3.85. The summed E-state index contributed by atoms with van der Waals surface area (Å²) in [5, 5.41) is 0. The van der Waals surface area contributed by atoms with E-state index >= 15 is 0 Å². The van der Waals surface area contributed by atoms with Crippen molar-refractivity contribution in [2.75, 3.05) is 13.7 Å². The van der Waals surface area contributed by atoms with Crippen LogP contribution in [0.4, 0.5) is 13.2 Å². The molecule has 5 rings (SSSR count). The molecule has 0 amide bonds. The molecule has 190 valence electrons. The molecule has 0 bridgehead atoms. The number of halogens is 3. The van der Waals surface area contributed by atoms with Gasteiger partial charge in [0.15, 0.2) is 0 Å². The lowest BCUT2D eigenvalue weighted by Crippen LogP contribution is -2.50. The Hall–Kier alpha value is -2.01. The number of fused-ring (bicyclic) bond motifs is 5. The van der Waals surface area contributed by atoms with Crippen molar-refractivity contribution < 1.29 is 17.9 Å². The summed E-state index contributed by atoms with van der Waals surface area (Å²) in [5.41, 5.74) is 3.44. The molecule has 0 aromatic heterocycles. The highest BCUT2D eigenvalue weighted by Gasteiger charge is 2.55. The van der Waals surface area contributed by atoms with Crippen molar-refractivity contribution in [1.82, 2.24) is 4.90 Å². The lowest BCUT2D eigenvalue weighted by atomic mass is 9.55. The Bertz CT molecular complexity index is 1050. The third kappa shape index (κ3) is 4.50. The van der Waals surface area contributed by atoms with Gasteiger partial charge in [-0.1, -0.05) is 38.1 Å². The minimum Gasteiger partial charge on any atom is -0.497 e. The van der Waals surface area contributed by atoms with Gasteiger partial charge >= 0.3 is 6.18 Å². The highest BCUT2D eigenvalue weighted by molar-refractivity contribution is 5.40. The highest BCUT2D eigenvalue weighted by Crippen LogP contribution is 2.62. The number of hydrogen-bond acceptors (Lipinski definition) is 2. The zero-order chi connectivity index (χ0) is 24.8. The summed E-state index contributed by atoms with van der Waals surface area (Å²) in [4.78, 5) is 2.51. The SMILES string of the molecule is CCCN(Cc1cccc(C(F)(F)F)c1)[C@H]1CC[C@H]2[C@@H]3CCc4cc(OC)ccc4[C@H]3CC[C@]12C. The molecule has 5 heteroatoms. The highest BCUT2D eigenvalue weighted by atomic mass is 19.4. The molecular weight excluding hydrogens is 447 g/mol. The second-order valence-corrected chi connectivity index (χ2v) is 11.3. The standard InChI is InChI=1S/C30H38F3NO/c1-4-16-34(19-20-6-5-7-22(17-20)30(31,32)33)28-13-12-27-26-10-8-21-18-23(35-3)9-11-24(21)25(26)14-15-29(27,28)2/h5-7,9,11,17-18,25-28H,4,8,10,12-16,19H2,1-3H3/t25-,26-,27+,28+,29+/m1/s1. The normalized spacial score (nSPS) is 30.0. The average Bonchev–Trinajstić information content (AvgIpc) is 3.20. The monoisotopic (exact) mass is 485 g/mol. The third-order valence-electron chi connectivity index (χ3n) is 9.48. The molecule has 0 unspecified atom stereocenters. The first kappa shape index (κ1) is 24.7. The van der Waals surface area contributed by atoms with Crippen LogP contribution in [0.15, 0.2) is 42.5 Å². The van der Waals surface area contributed by atoms with E-state index in [0.717, 1.165) is 37.1 Å².